The number of fused-ring (bicyclic) bond motifs is 1. The second kappa shape index (κ2) is 7.63. The molecule has 1 unspecified atom stereocenters. The predicted molar refractivity (Wildman–Crippen MR) is 125 cm³/mol. The molecule has 1 amide bonds. The maximum atomic E-state index is 12.6. The summed E-state index contributed by atoms with van der Waals surface area (Å²) in [6.07, 6.45) is 8.47. The summed E-state index contributed by atoms with van der Waals surface area (Å²) >= 11 is 1.38. The Morgan fingerprint density at radius 3 is 2.81 bits per heavy atom. The largest absolute Gasteiger partial charge is 0.355 e. The predicted octanol–water partition coefficient (Wildman–Crippen LogP) is 3.94. The Kier molecular flexibility index (Phi) is 4.61. The molecule has 0 radical (unpaired) electrons. The number of rotatable bonds is 4. The van der Waals surface area contributed by atoms with E-state index in [9.17, 15) is 4.79 Å². The smallest absolute Gasteiger partial charge is 0.263 e. The Bertz CT molecular complexity index is 1270. The topological polar surface area (TPSA) is 83.9 Å². The summed E-state index contributed by atoms with van der Waals surface area (Å²) in [6, 6.07) is 12.2. The number of anilines is 1. The molecule has 1 spiro atoms. The number of nitrogens with zero attached hydrogens (tertiary/aromatic N) is 5. The number of benzene rings is 1. The number of amides is 1. The minimum Gasteiger partial charge on any atom is -0.355 e. The third kappa shape index (κ3) is 3.22. The van der Waals surface area contributed by atoms with Crippen LogP contribution in [0.5, 0.6) is 0 Å². The van der Waals surface area contributed by atoms with Crippen LogP contribution in [-0.4, -0.2) is 45.0 Å². The highest BCUT2D eigenvalue weighted by Gasteiger charge is 2.52. The lowest BCUT2D eigenvalue weighted by Crippen LogP contribution is -2.64. The van der Waals surface area contributed by atoms with Crippen LogP contribution in [0.2, 0.25) is 0 Å². The standard InChI is InChI=1S/C24H22N6OS/c31-23(19-12-26-15-32-19)28-20-8-3-9-24(20)13-30(14-24)22-17-6-1-2-7-18(17)27-21(29-22)16-5-4-10-25-11-16/h1-2,4-7,10-12,15,20H,3,8-9,13-14H2,(H,28,31). The van der Waals surface area contributed by atoms with Crippen LogP contribution in [0.1, 0.15) is 28.9 Å². The fourth-order valence-electron chi connectivity index (χ4n) is 5.09. The van der Waals surface area contributed by atoms with E-state index in [2.05, 4.69) is 26.3 Å². The van der Waals surface area contributed by atoms with Gasteiger partial charge in [0.1, 0.15) is 10.7 Å². The van der Waals surface area contributed by atoms with Gasteiger partial charge in [-0.1, -0.05) is 18.6 Å². The molecule has 160 valence electrons. The molecule has 4 aromatic rings. The van der Waals surface area contributed by atoms with E-state index in [4.69, 9.17) is 9.97 Å². The van der Waals surface area contributed by atoms with Gasteiger partial charge in [0.15, 0.2) is 5.82 Å². The Hall–Kier alpha value is -3.39. The van der Waals surface area contributed by atoms with Crippen LogP contribution < -0.4 is 10.2 Å². The van der Waals surface area contributed by atoms with E-state index in [1.54, 1.807) is 24.1 Å². The van der Waals surface area contributed by atoms with Gasteiger partial charge < -0.3 is 10.2 Å². The average molecular weight is 443 g/mol. The first kappa shape index (κ1) is 19.3. The zero-order chi connectivity index (χ0) is 21.5. The number of pyridine rings is 1. The third-order valence-electron chi connectivity index (χ3n) is 6.68. The zero-order valence-corrected chi connectivity index (χ0v) is 18.3. The van der Waals surface area contributed by atoms with E-state index < -0.39 is 0 Å². The van der Waals surface area contributed by atoms with Crippen molar-refractivity contribution < 1.29 is 4.79 Å². The maximum absolute atomic E-state index is 12.6. The van der Waals surface area contributed by atoms with Crippen molar-refractivity contribution in [3.63, 3.8) is 0 Å². The molecule has 2 aliphatic rings. The molecule has 6 rings (SSSR count). The van der Waals surface area contributed by atoms with Gasteiger partial charge >= 0.3 is 0 Å². The molecule has 1 N–H and O–H groups in total. The molecular weight excluding hydrogens is 420 g/mol. The molecule has 32 heavy (non-hydrogen) atoms. The van der Waals surface area contributed by atoms with Crippen LogP contribution in [0.15, 0.2) is 60.5 Å². The van der Waals surface area contributed by atoms with Gasteiger partial charge in [-0.05, 0) is 37.1 Å². The molecule has 1 saturated heterocycles. The average Bonchev–Trinajstić information content (AvgIpc) is 3.48. The highest BCUT2D eigenvalue weighted by Crippen LogP contribution is 2.48. The normalized spacial score (nSPS) is 19.2. The molecular formula is C24H22N6OS. The monoisotopic (exact) mass is 442 g/mol. The molecule has 7 nitrogen and oxygen atoms in total. The highest BCUT2D eigenvalue weighted by molar-refractivity contribution is 7.11. The first-order valence-electron chi connectivity index (χ1n) is 10.8. The fourth-order valence-corrected chi connectivity index (χ4v) is 5.61. The molecule has 4 heterocycles. The summed E-state index contributed by atoms with van der Waals surface area (Å²) in [7, 11) is 0. The lowest BCUT2D eigenvalue weighted by atomic mass is 9.75. The maximum Gasteiger partial charge on any atom is 0.263 e. The van der Waals surface area contributed by atoms with E-state index in [0.29, 0.717) is 10.7 Å². The summed E-state index contributed by atoms with van der Waals surface area (Å²) in [6.45, 7) is 1.77. The minimum atomic E-state index is -0.0106. The number of aromatic nitrogens is 4. The van der Waals surface area contributed by atoms with Crippen LogP contribution in [0.4, 0.5) is 5.82 Å². The van der Waals surface area contributed by atoms with Crippen molar-refractivity contribution in [2.75, 3.05) is 18.0 Å². The van der Waals surface area contributed by atoms with E-state index in [-0.39, 0.29) is 17.4 Å². The van der Waals surface area contributed by atoms with Crippen molar-refractivity contribution in [1.29, 1.82) is 0 Å². The quantitative estimate of drug-likeness (QED) is 0.515. The molecule has 0 bridgehead atoms. The van der Waals surface area contributed by atoms with E-state index in [1.807, 2.05) is 30.3 Å². The Morgan fingerprint density at radius 1 is 1.09 bits per heavy atom. The van der Waals surface area contributed by atoms with Crippen LogP contribution >= 0.6 is 11.3 Å². The summed E-state index contributed by atoms with van der Waals surface area (Å²) in [4.78, 5) is 33.6. The van der Waals surface area contributed by atoms with Gasteiger partial charge in [0.25, 0.3) is 5.91 Å². The van der Waals surface area contributed by atoms with Crippen LogP contribution in [0.25, 0.3) is 22.3 Å². The molecule has 1 aliphatic carbocycles. The second-order valence-corrected chi connectivity index (χ2v) is 9.52. The number of carbonyl (C=O) groups excluding carboxylic acids is 1. The van der Waals surface area contributed by atoms with Crippen molar-refractivity contribution >= 4 is 34.0 Å². The van der Waals surface area contributed by atoms with Gasteiger partial charge in [-0.3, -0.25) is 14.8 Å². The summed E-state index contributed by atoms with van der Waals surface area (Å²) < 4.78 is 0. The molecule has 3 aromatic heterocycles. The van der Waals surface area contributed by atoms with Gasteiger partial charge in [-0.25, -0.2) is 9.97 Å². The number of para-hydroxylation sites is 1. The molecule has 8 heteroatoms. The van der Waals surface area contributed by atoms with E-state index in [1.165, 1.54) is 11.3 Å². The Labute approximate surface area is 189 Å². The van der Waals surface area contributed by atoms with Gasteiger partial charge in [0.2, 0.25) is 0 Å². The van der Waals surface area contributed by atoms with Crippen molar-refractivity contribution in [2.45, 2.75) is 25.3 Å². The van der Waals surface area contributed by atoms with Gasteiger partial charge in [0.05, 0.1) is 17.2 Å². The third-order valence-corrected chi connectivity index (χ3v) is 7.45. The van der Waals surface area contributed by atoms with Gasteiger partial charge in [0, 0.05) is 47.9 Å². The minimum absolute atomic E-state index is 0.0106. The SMILES string of the molecule is O=C(NC1CCCC12CN(c1nc(-c3cccnc3)nc3ccccc13)C2)c1cncs1. The molecule has 1 saturated carbocycles. The van der Waals surface area contributed by atoms with E-state index >= 15 is 0 Å². The molecule has 1 aromatic carbocycles. The van der Waals surface area contributed by atoms with Gasteiger partial charge in [-0.15, -0.1) is 11.3 Å². The first-order valence-corrected chi connectivity index (χ1v) is 11.7. The van der Waals surface area contributed by atoms with Crippen molar-refractivity contribution in [1.82, 2.24) is 25.3 Å². The highest BCUT2D eigenvalue weighted by atomic mass is 32.1. The van der Waals surface area contributed by atoms with Crippen LogP contribution in [-0.2, 0) is 0 Å². The van der Waals surface area contributed by atoms with Crippen molar-refractivity contribution in [3.8, 4) is 11.4 Å². The lowest BCUT2D eigenvalue weighted by Gasteiger charge is -2.52. The molecule has 2 fully saturated rings. The number of carbonyl (C=O) groups is 1. The number of hydrogen-bond acceptors (Lipinski definition) is 7. The summed E-state index contributed by atoms with van der Waals surface area (Å²) in [5, 5.41) is 4.34. The summed E-state index contributed by atoms with van der Waals surface area (Å²) in [5.74, 6) is 1.64. The zero-order valence-electron chi connectivity index (χ0n) is 17.4. The number of hydrogen-bond donors (Lipinski definition) is 1. The molecule has 1 atom stereocenters. The summed E-state index contributed by atoms with van der Waals surface area (Å²) in [5.41, 5.74) is 3.63. The number of thiazole rings is 1. The van der Waals surface area contributed by atoms with Gasteiger partial charge in [-0.2, -0.15) is 0 Å². The first-order chi connectivity index (χ1) is 15.7. The van der Waals surface area contributed by atoms with Crippen molar-refractivity contribution in [2.24, 2.45) is 5.41 Å². The fraction of sp³-hybridized carbons (Fsp3) is 0.292. The number of nitrogens with one attached hydrogen (secondary N) is 1. The molecule has 1 aliphatic heterocycles. The van der Waals surface area contributed by atoms with Crippen LogP contribution in [0, 0.1) is 5.41 Å². The van der Waals surface area contributed by atoms with Crippen molar-refractivity contribution in [3.05, 3.63) is 65.4 Å². The second-order valence-electron chi connectivity index (χ2n) is 8.63. The van der Waals surface area contributed by atoms with Crippen LogP contribution in [0.3, 0.4) is 0 Å². The van der Waals surface area contributed by atoms with E-state index in [0.717, 1.165) is 54.6 Å². The lowest BCUT2D eigenvalue weighted by molar-refractivity contribution is 0.0872. The Balaban J connectivity index is 1.29. The Morgan fingerprint density at radius 2 is 2.00 bits per heavy atom.